The van der Waals surface area contributed by atoms with Crippen molar-refractivity contribution in [3.8, 4) is 11.3 Å². The summed E-state index contributed by atoms with van der Waals surface area (Å²) < 4.78 is 22.7. The van der Waals surface area contributed by atoms with Crippen molar-refractivity contribution in [2.75, 3.05) is 18.4 Å². The van der Waals surface area contributed by atoms with Gasteiger partial charge in [-0.1, -0.05) is 37.3 Å². The maximum absolute atomic E-state index is 12.2. The highest BCUT2D eigenvalue weighted by Gasteiger charge is 2.12. The van der Waals surface area contributed by atoms with E-state index in [4.69, 9.17) is 5.73 Å². The summed E-state index contributed by atoms with van der Waals surface area (Å²) in [5, 5.41) is 6.12. The third kappa shape index (κ3) is 7.07. The number of rotatable bonds is 6. The number of carbonyl (C=O) groups is 1. The van der Waals surface area contributed by atoms with Gasteiger partial charge in [-0.2, -0.15) is 0 Å². The van der Waals surface area contributed by atoms with Gasteiger partial charge < -0.3 is 16.4 Å². The molecule has 0 fully saturated rings. The fourth-order valence-electron chi connectivity index (χ4n) is 3.36. The lowest BCUT2D eigenvalue weighted by atomic mass is 10.1. The predicted molar refractivity (Wildman–Crippen MR) is 137 cm³/mol. The van der Waals surface area contributed by atoms with E-state index in [0.717, 1.165) is 35.1 Å². The second-order valence-electron chi connectivity index (χ2n) is 7.70. The molecule has 2 aromatic heterocycles. The van der Waals surface area contributed by atoms with E-state index < -0.39 is 6.43 Å². The zero-order valence-electron chi connectivity index (χ0n) is 19.3. The molecule has 186 valence electrons. The minimum Gasteiger partial charge on any atom is -0.351 e. The second-order valence-corrected chi connectivity index (χ2v) is 7.70. The molecule has 0 bridgehead atoms. The first kappa shape index (κ1) is 27.4. The Morgan fingerprint density at radius 3 is 2.43 bits per heavy atom. The van der Waals surface area contributed by atoms with E-state index in [-0.39, 0.29) is 13.3 Å². The Balaban J connectivity index is 0.000000804. The van der Waals surface area contributed by atoms with Crippen LogP contribution < -0.4 is 16.4 Å². The third-order valence-electron chi connectivity index (χ3n) is 4.94. The van der Waals surface area contributed by atoms with Crippen molar-refractivity contribution >= 4 is 23.1 Å². The Hall–Kier alpha value is -3.85. The van der Waals surface area contributed by atoms with Crippen molar-refractivity contribution in [2.24, 2.45) is 5.73 Å². The van der Waals surface area contributed by atoms with Crippen molar-refractivity contribution in [1.29, 1.82) is 0 Å². The van der Waals surface area contributed by atoms with Gasteiger partial charge in [-0.15, -0.1) is 0 Å². The number of imidazole rings is 1. The van der Waals surface area contributed by atoms with Crippen LogP contribution in [0.4, 0.5) is 20.3 Å². The minimum atomic E-state index is -2.17. The number of nitrogens with two attached hydrogens (primary N) is 1. The molecule has 0 saturated heterocycles. The highest BCUT2D eigenvalue weighted by atomic mass is 19.3. The van der Waals surface area contributed by atoms with Gasteiger partial charge in [-0.25, -0.2) is 18.7 Å². The van der Waals surface area contributed by atoms with Gasteiger partial charge in [0.15, 0.2) is 11.5 Å². The van der Waals surface area contributed by atoms with Gasteiger partial charge in [0.05, 0.1) is 11.9 Å². The van der Waals surface area contributed by atoms with Crippen LogP contribution in [0.3, 0.4) is 0 Å². The lowest BCUT2D eigenvalue weighted by Gasteiger charge is -2.11. The average molecular weight is 483 g/mol. The molecule has 4 aromatic rings. The van der Waals surface area contributed by atoms with Gasteiger partial charge >= 0.3 is 0 Å². The maximum Gasteiger partial charge on any atom is 0.251 e. The van der Waals surface area contributed by atoms with Crippen LogP contribution in [0.2, 0.25) is 0 Å². The topological polar surface area (TPSA) is 97.3 Å². The first-order valence-corrected chi connectivity index (χ1v) is 10.8. The Morgan fingerprint density at radius 1 is 1.11 bits per heavy atom. The lowest BCUT2D eigenvalue weighted by molar-refractivity contribution is 0.0954. The summed E-state index contributed by atoms with van der Waals surface area (Å²) in [5.74, 6) is 0.524. The quantitative estimate of drug-likeness (QED) is 0.344. The molecule has 4 rings (SSSR count). The fraction of sp³-hybridized carbons (Fsp3) is 0.269. The highest BCUT2D eigenvalue weighted by molar-refractivity contribution is 5.96. The molecule has 0 atom stereocenters. The lowest BCUT2D eigenvalue weighted by Crippen LogP contribution is -2.29. The Labute approximate surface area is 204 Å². The SMILES string of the molecule is C.CC(F)F.Cc1ccc(-c2cnc3c(Nc4ccc(C(=O)NCCN)c(C)c4)nccn23)cc1. The van der Waals surface area contributed by atoms with E-state index in [1.165, 1.54) is 5.56 Å². The van der Waals surface area contributed by atoms with Crippen LogP contribution in [0.15, 0.2) is 61.1 Å². The Bertz CT molecular complexity index is 1250. The van der Waals surface area contributed by atoms with Crippen LogP contribution in [0.5, 0.6) is 0 Å². The van der Waals surface area contributed by atoms with Crippen LogP contribution in [0.25, 0.3) is 16.9 Å². The number of nitrogens with zero attached hydrogens (tertiary/aromatic N) is 3. The number of carbonyl (C=O) groups excluding carboxylic acids is 1. The molecule has 9 heteroatoms. The number of halogens is 2. The summed E-state index contributed by atoms with van der Waals surface area (Å²) in [7, 11) is 0. The largest absolute Gasteiger partial charge is 0.351 e. The summed E-state index contributed by atoms with van der Waals surface area (Å²) in [4.78, 5) is 21.3. The molecule has 4 N–H and O–H groups in total. The number of hydrogen-bond donors (Lipinski definition) is 3. The van der Waals surface area contributed by atoms with Gasteiger partial charge in [0.1, 0.15) is 0 Å². The smallest absolute Gasteiger partial charge is 0.251 e. The number of nitrogens with one attached hydrogen (secondary N) is 2. The number of aromatic nitrogens is 3. The average Bonchev–Trinajstić information content (AvgIpc) is 3.23. The normalized spacial score (nSPS) is 10.4. The molecule has 35 heavy (non-hydrogen) atoms. The Morgan fingerprint density at radius 2 is 1.80 bits per heavy atom. The number of hydrogen-bond acceptors (Lipinski definition) is 5. The van der Waals surface area contributed by atoms with Crippen LogP contribution in [0.1, 0.15) is 35.8 Å². The summed E-state index contributed by atoms with van der Waals surface area (Å²) in [5.41, 5.74) is 11.8. The molecule has 0 aliphatic heterocycles. The van der Waals surface area contributed by atoms with Crippen molar-refractivity contribution in [2.45, 2.75) is 34.6 Å². The number of anilines is 2. The molecule has 2 heterocycles. The molecule has 0 aliphatic carbocycles. The summed E-state index contributed by atoms with van der Waals surface area (Å²) in [6.45, 7) is 5.67. The zero-order valence-corrected chi connectivity index (χ0v) is 19.3. The van der Waals surface area contributed by atoms with E-state index in [0.29, 0.717) is 24.5 Å². The van der Waals surface area contributed by atoms with Crippen molar-refractivity contribution < 1.29 is 13.6 Å². The van der Waals surface area contributed by atoms with E-state index in [1.807, 2.05) is 35.9 Å². The summed E-state index contributed by atoms with van der Waals surface area (Å²) in [6.07, 6.45) is 3.33. The minimum absolute atomic E-state index is 0. The van der Waals surface area contributed by atoms with Gasteiger partial charge in [-0.05, 0) is 44.5 Å². The molecule has 0 aliphatic rings. The number of amides is 1. The highest BCUT2D eigenvalue weighted by Crippen LogP contribution is 2.26. The molecular weight excluding hydrogens is 450 g/mol. The van der Waals surface area contributed by atoms with Gasteiger partial charge in [0, 0.05) is 42.3 Å². The standard InChI is InChI=1S/C23H24N6O.C2H4F2.CH4/c1-15-3-5-17(6-4-15)20-14-27-22-21(25-11-12-29(20)22)28-18-7-8-19(16(2)13-18)23(30)26-10-9-24;1-2(3)4;/h3-8,11-14H,9-10,24H2,1-2H3,(H,25,28)(H,26,30);2H,1H3;1H4. The zero-order chi connectivity index (χ0) is 24.7. The molecule has 7 nitrogen and oxygen atoms in total. The van der Waals surface area contributed by atoms with Crippen molar-refractivity contribution in [3.63, 3.8) is 0 Å². The van der Waals surface area contributed by atoms with Crippen molar-refractivity contribution in [1.82, 2.24) is 19.7 Å². The van der Waals surface area contributed by atoms with Crippen molar-refractivity contribution in [3.05, 3.63) is 77.7 Å². The van der Waals surface area contributed by atoms with E-state index >= 15 is 0 Å². The number of aryl methyl sites for hydroxylation is 2. The predicted octanol–water partition coefficient (Wildman–Crippen LogP) is 5.35. The van der Waals surface area contributed by atoms with E-state index in [2.05, 4.69) is 51.8 Å². The first-order valence-electron chi connectivity index (χ1n) is 10.8. The molecule has 2 aromatic carbocycles. The van der Waals surface area contributed by atoms with Gasteiger partial charge in [0.25, 0.3) is 5.91 Å². The molecule has 0 unspecified atom stereocenters. The van der Waals surface area contributed by atoms with Crippen LogP contribution in [-0.2, 0) is 0 Å². The van der Waals surface area contributed by atoms with E-state index in [9.17, 15) is 13.6 Å². The number of fused-ring (bicyclic) bond motifs is 1. The number of alkyl halides is 2. The first-order chi connectivity index (χ1) is 16.3. The monoisotopic (exact) mass is 482 g/mol. The molecule has 0 radical (unpaired) electrons. The molecule has 0 saturated carbocycles. The summed E-state index contributed by atoms with van der Waals surface area (Å²) >= 11 is 0. The fourth-order valence-corrected chi connectivity index (χ4v) is 3.36. The number of benzene rings is 2. The molecule has 1 amide bonds. The third-order valence-corrected chi connectivity index (χ3v) is 4.94. The molecule has 0 spiro atoms. The molecular formula is C26H32F2N6O. The Kier molecular flexibility index (Phi) is 9.84. The van der Waals surface area contributed by atoms with Crippen LogP contribution >= 0.6 is 0 Å². The van der Waals surface area contributed by atoms with Gasteiger partial charge in [-0.3, -0.25) is 9.20 Å². The van der Waals surface area contributed by atoms with Crippen LogP contribution in [0, 0.1) is 13.8 Å². The second kappa shape index (κ2) is 12.6. The van der Waals surface area contributed by atoms with E-state index in [1.54, 1.807) is 12.3 Å². The summed E-state index contributed by atoms with van der Waals surface area (Å²) in [6, 6.07) is 13.9. The maximum atomic E-state index is 12.2. The van der Waals surface area contributed by atoms with Gasteiger partial charge in [0.2, 0.25) is 6.43 Å². The van der Waals surface area contributed by atoms with Crippen LogP contribution in [-0.4, -0.2) is 39.8 Å².